The number of hydrogen-bond acceptors (Lipinski definition) is 5. The number of halogens is 1. The zero-order valence-corrected chi connectivity index (χ0v) is 15.3. The van der Waals surface area contributed by atoms with Crippen molar-refractivity contribution in [3.8, 4) is 17.2 Å². The fourth-order valence-electron chi connectivity index (χ4n) is 2.28. The summed E-state index contributed by atoms with van der Waals surface area (Å²) in [6.45, 7) is 0. The number of benzene rings is 2. The maximum atomic E-state index is 12.2. The van der Waals surface area contributed by atoms with Crippen molar-refractivity contribution in [2.75, 3.05) is 32.4 Å². The number of carbonyl (C=O) groups excluding carboxylic acids is 1. The molecule has 25 heavy (non-hydrogen) atoms. The van der Waals surface area contributed by atoms with Gasteiger partial charge >= 0.3 is 0 Å². The highest BCUT2D eigenvalue weighted by atomic mass is 35.5. The molecule has 0 aromatic heterocycles. The molecule has 0 aliphatic carbocycles. The Labute approximate surface area is 153 Å². The normalized spacial score (nSPS) is 9.72. The number of ether oxygens (including phenoxy) is 3. The lowest BCUT2D eigenvalue weighted by molar-refractivity contribution is -0.116. The standard InChI is InChI=1S/C18H22N2O4.ClH/c1-22-13-6-7-14(19)15(11-13)20-18(21)9-5-12-4-8-16(23-2)17(10-12)24-3;/h4,6-8,10-11H,5,9,19H2,1-3H3,(H,20,21);1H. The minimum absolute atomic E-state index is 0. The second-order valence-electron chi connectivity index (χ2n) is 5.19. The predicted molar refractivity (Wildman–Crippen MR) is 101 cm³/mol. The van der Waals surface area contributed by atoms with Crippen LogP contribution in [0.4, 0.5) is 11.4 Å². The first-order valence-corrected chi connectivity index (χ1v) is 7.51. The van der Waals surface area contributed by atoms with Crippen LogP contribution in [0.1, 0.15) is 12.0 Å². The largest absolute Gasteiger partial charge is 0.497 e. The van der Waals surface area contributed by atoms with Gasteiger partial charge in [-0.25, -0.2) is 0 Å². The maximum Gasteiger partial charge on any atom is 0.224 e. The second kappa shape index (κ2) is 9.64. The van der Waals surface area contributed by atoms with E-state index in [4.69, 9.17) is 19.9 Å². The van der Waals surface area contributed by atoms with Crippen molar-refractivity contribution in [3.05, 3.63) is 42.0 Å². The van der Waals surface area contributed by atoms with E-state index in [1.165, 1.54) is 0 Å². The van der Waals surface area contributed by atoms with E-state index in [9.17, 15) is 4.79 Å². The van der Waals surface area contributed by atoms with E-state index < -0.39 is 0 Å². The lowest BCUT2D eigenvalue weighted by atomic mass is 10.1. The number of nitrogens with two attached hydrogens (primary N) is 1. The first kappa shape index (κ1) is 20.4. The first-order valence-electron chi connectivity index (χ1n) is 7.51. The molecule has 0 fully saturated rings. The number of carbonyl (C=O) groups is 1. The number of anilines is 2. The summed E-state index contributed by atoms with van der Waals surface area (Å²) in [5.41, 5.74) is 7.90. The Kier molecular flexibility index (Phi) is 7.88. The van der Waals surface area contributed by atoms with Crippen LogP contribution in [-0.2, 0) is 11.2 Å². The van der Waals surface area contributed by atoms with E-state index in [2.05, 4.69) is 5.32 Å². The van der Waals surface area contributed by atoms with Gasteiger partial charge in [0, 0.05) is 12.5 Å². The van der Waals surface area contributed by atoms with Gasteiger partial charge < -0.3 is 25.3 Å². The number of nitrogens with one attached hydrogen (secondary N) is 1. The Morgan fingerprint density at radius 2 is 1.72 bits per heavy atom. The van der Waals surface area contributed by atoms with Crippen molar-refractivity contribution in [2.24, 2.45) is 0 Å². The topological polar surface area (TPSA) is 82.8 Å². The minimum atomic E-state index is -0.121. The highest BCUT2D eigenvalue weighted by molar-refractivity contribution is 5.94. The van der Waals surface area contributed by atoms with Crippen LogP contribution in [-0.4, -0.2) is 27.2 Å². The quantitative estimate of drug-likeness (QED) is 0.735. The van der Waals surface area contributed by atoms with E-state index in [-0.39, 0.29) is 18.3 Å². The molecule has 0 saturated heterocycles. The molecule has 2 aromatic carbocycles. The van der Waals surface area contributed by atoms with Crippen LogP contribution in [0, 0.1) is 0 Å². The molecular formula is C18H23ClN2O4. The van der Waals surface area contributed by atoms with Crippen molar-refractivity contribution in [1.82, 2.24) is 0 Å². The molecule has 3 N–H and O–H groups in total. The third-order valence-corrected chi connectivity index (χ3v) is 3.62. The van der Waals surface area contributed by atoms with E-state index in [0.717, 1.165) is 5.56 Å². The lowest BCUT2D eigenvalue weighted by Crippen LogP contribution is -2.13. The van der Waals surface area contributed by atoms with Gasteiger partial charge in [-0.15, -0.1) is 12.4 Å². The summed E-state index contributed by atoms with van der Waals surface area (Å²) in [6, 6.07) is 10.7. The zero-order valence-electron chi connectivity index (χ0n) is 14.5. The highest BCUT2D eigenvalue weighted by Gasteiger charge is 2.09. The fourth-order valence-corrected chi connectivity index (χ4v) is 2.28. The molecule has 0 saturated carbocycles. The molecule has 0 aliphatic heterocycles. The van der Waals surface area contributed by atoms with Gasteiger partial charge in [0.1, 0.15) is 5.75 Å². The molecule has 2 aromatic rings. The molecule has 0 atom stereocenters. The van der Waals surface area contributed by atoms with Crippen LogP contribution < -0.4 is 25.3 Å². The van der Waals surface area contributed by atoms with Crippen molar-refractivity contribution in [1.29, 1.82) is 0 Å². The summed E-state index contributed by atoms with van der Waals surface area (Å²) in [5, 5.41) is 2.81. The van der Waals surface area contributed by atoms with E-state index in [1.54, 1.807) is 39.5 Å². The zero-order chi connectivity index (χ0) is 17.5. The molecule has 1 amide bonds. The van der Waals surface area contributed by atoms with Crippen molar-refractivity contribution >= 4 is 29.7 Å². The number of aryl methyl sites for hydroxylation is 1. The van der Waals surface area contributed by atoms with E-state index in [0.29, 0.717) is 41.5 Å². The van der Waals surface area contributed by atoms with Gasteiger partial charge in [-0.3, -0.25) is 4.79 Å². The molecule has 0 bridgehead atoms. The summed E-state index contributed by atoms with van der Waals surface area (Å²) in [7, 11) is 4.73. The van der Waals surface area contributed by atoms with Gasteiger partial charge in [-0.2, -0.15) is 0 Å². The van der Waals surface area contributed by atoms with Crippen molar-refractivity contribution in [2.45, 2.75) is 12.8 Å². The predicted octanol–water partition coefficient (Wildman–Crippen LogP) is 3.29. The van der Waals surface area contributed by atoms with Crippen LogP contribution in [0.25, 0.3) is 0 Å². The molecule has 136 valence electrons. The minimum Gasteiger partial charge on any atom is -0.497 e. The maximum absolute atomic E-state index is 12.2. The monoisotopic (exact) mass is 366 g/mol. The number of amides is 1. The van der Waals surface area contributed by atoms with Gasteiger partial charge in [0.05, 0.1) is 32.7 Å². The average molecular weight is 367 g/mol. The van der Waals surface area contributed by atoms with Crippen molar-refractivity contribution < 1.29 is 19.0 Å². The SMILES string of the molecule is COc1ccc(N)c(NC(=O)CCc2ccc(OC)c(OC)c2)c1.Cl. The number of hydrogen-bond donors (Lipinski definition) is 2. The molecule has 2 rings (SSSR count). The fraction of sp³-hybridized carbons (Fsp3) is 0.278. The van der Waals surface area contributed by atoms with Gasteiger partial charge in [0.25, 0.3) is 0 Å². The third-order valence-electron chi connectivity index (χ3n) is 3.62. The van der Waals surface area contributed by atoms with Crippen LogP contribution in [0.5, 0.6) is 17.2 Å². The molecular weight excluding hydrogens is 344 g/mol. The summed E-state index contributed by atoms with van der Waals surface area (Å²) in [4.78, 5) is 12.2. The molecule has 0 spiro atoms. The van der Waals surface area contributed by atoms with Crippen LogP contribution in [0.2, 0.25) is 0 Å². The second-order valence-corrected chi connectivity index (χ2v) is 5.19. The third kappa shape index (κ3) is 5.46. The molecule has 7 heteroatoms. The van der Waals surface area contributed by atoms with Crippen LogP contribution in [0.3, 0.4) is 0 Å². The number of rotatable bonds is 7. The Hall–Kier alpha value is -2.60. The molecule has 0 radical (unpaired) electrons. The Bertz CT molecular complexity index is 722. The average Bonchev–Trinajstić information content (AvgIpc) is 2.61. The summed E-state index contributed by atoms with van der Waals surface area (Å²) in [5.74, 6) is 1.83. The molecule has 6 nitrogen and oxygen atoms in total. The molecule has 0 heterocycles. The van der Waals surface area contributed by atoms with Gasteiger partial charge in [0.2, 0.25) is 5.91 Å². The smallest absolute Gasteiger partial charge is 0.224 e. The van der Waals surface area contributed by atoms with E-state index >= 15 is 0 Å². The first-order chi connectivity index (χ1) is 11.6. The van der Waals surface area contributed by atoms with Crippen LogP contribution in [0.15, 0.2) is 36.4 Å². The highest BCUT2D eigenvalue weighted by Crippen LogP contribution is 2.28. The van der Waals surface area contributed by atoms with Gasteiger partial charge in [0.15, 0.2) is 11.5 Å². The summed E-state index contributed by atoms with van der Waals surface area (Å²) >= 11 is 0. The van der Waals surface area contributed by atoms with Crippen LogP contribution >= 0.6 is 12.4 Å². The number of nitrogen functional groups attached to an aromatic ring is 1. The molecule has 0 unspecified atom stereocenters. The summed E-state index contributed by atoms with van der Waals surface area (Å²) < 4.78 is 15.6. The number of methoxy groups -OCH3 is 3. The van der Waals surface area contributed by atoms with Crippen molar-refractivity contribution in [3.63, 3.8) is 0 Å². The Balaban J connectivity index is 0.00000312. The van der Waals surface area contributed by atoms with E-state index in [1.807, 2.05) is 18.2 Å². The lowest BCUT2D eigenvalue weighted by Gasteiger charge is -2.11. The molecule has 0 aliphatic rings. The van der Waals surface area contributed by atoms with Gasteiger partial charge in [-0.1, -0.05) is 6.07 Å². The Morgan fingerprint density at radius 3 is 2.36 bits per heavy atom. The summed E-state index contributed by atoms with van der Waals surface area (Å²) in [6.07, 6.45) is 0.905. The van der Waals surface area contributed by atoms with Gasteiger partial charge in [-0.05, 0) is 36.2 Å². The Morgan fingerprint density at radius 1 is 1.00 bits per heavy atom.